The van der Waals surface area contributed by atoms with Gasteiger partial charge in [0.15, 0.2) is 0 Å². The largest absolute Gasteiger partial charge is 0.326 e. The molecule has 0 saturated carbocycles. The van der Waals surface area contributed by atoms with Crippen LogP contribution in [0, 0.1) is 6.92 Å². The van der Waals surface area contributed by atoms with Gasteiger partial charge < -0.3 is 10.6 Å². The molecule has 3 aromatic rings. The third-order valence-electron chi connectivity index (χ3n) is 4.86. The van der Waals surface area contributed by atoms with Crippen molar-refractivity contribution in [2.75, 3.05) is 10.6 Å². The molecule has 2 aromatic carbocycles. The number of nitrogens with one attached hydrogen (secondary N) is 2. The van der Waals surface area contributed by atoms with Crippen LogP contribution in [0.25, 0.3) is 5.69 Å². The van der Waals surface area contributed by atoms with Crippen molar-refractivity contribution in [3.8, 4) is 5.69 Å². The Hall–Kier alpha value is -3.70. The molecule has 1 aromatic heterocycles. The molecular formula is C21H23N5O5S. The highest BCUT2D eigenvalue weighted by molar-refractivity contribution is 7.89. The Morgan fingerprint density at radius 2 is 1.50 bits per heavy atom. The van der Waals surface area contributed by atoms with E-state index in [0.717, 1.165) is 0 Å². The first kappa shape index (κ1) is 23.0. The zero-order valence-electron chi connectivity index (χ0n) is 17.5. The summed E-state index contributed by atoms with van der Waals surface area (Å²) in [5, 5.41) is 10.2. The zero-order valence-corrected chi connectivity index (χ0v) is 18.3. The maximum atomic E-state index is 12.8. The van der Waals surface area contributed by atoms with Crippen LogP contribution in [0.3, 0.4) is 0 Å². The SMILES string of the molecule is Cc1c(NC(=O)CCC(=O)Nc2ccc(S(N)(=O)=O)cc2)c(=O)n(-c2ccccc2)n1C. The van der Waals surface area contributed by atoms with E-state index >= 15 is 0 Å². The van der Waals surface area contributed by atoms with Gasteiger partial charge >= 0.3 is 0 Å². The van der Waals surface area contributed by atoms with Gasteiger partial charge in [0.2, 0.25) is 21.8 Å². The second-order valence-corrected chi connectivity index (χ2v) is 8.66. The van der Waals surface area contributed by atoms with E-state index < -0.39 is 21.8 Å². The number of sulfonamides is 1. The number of hydrogen-bond donors (Lipinski definition) is 3. The standard InChI is InChI=1S/C21H23N5O5S/c1-14-20(21(29)26(25(14)2)16-6-4-3-5-7-16)24-19(28)13-12-18(27)23-15-8-10-17(11-9-15)32(22,30)31/h3-11H,12-13H2,1-2H3,(H,23,27)(H,24,28)(H2,22,30,31). The average molecular weight is 458 g/mol. The van der Waals surface area contributed by atoms with Gasteiger partial charge in [-0.25, -0.2) is 18.2 Å². The summed E-state index contributed by atoms with van der Waals surface area (Å²) >= 11 is 0. The van der Waals surface area contributed by atoms with Gasteiger partial charge in [-0.2, -0.15) is 0 Å². The molecule has 3 rings (SSSR count). The molecular weight excluding hydrogens is 434 g/mol. The van der Waals surface area contributed by atoms with E-state index in [9.17, 15) is 22.8 Å². The Morgan fingerprint density at radius 3 is 2.06 bits per heavy atom. The van der Waals surface area contributed by atoms with Gasteiger partial charge in [-0.1, -0.05) is 18.2 Å². The van der Waals surface area contributed by atoms with Crippen LogP contribution in [0.2, 0.25) is 0 Å². The van der Waals surface area contributed by atoms with Gasteiger partial charge in [-0.3, -0.25) is 19.1 Å². The maximum absolute atomic E-state index is 12.8. The van der Waals surface area contributed by atoms with Crippen LogP contribution in [0.1, 0.15) is 18.5 Å². The summed E-state index contributed by atoms with van der Waals surface area (Å²) in [6, 6.07) is 14.4. The minimum absolute atomic E-state index is 0.0748. The summed E-state index contributed by atoms with van der Waals surface area (Å²) in [4.78, 5) is 37.2. The Labute approximate surface area is 184 Å². The predicted molar refractivity (Wildman–Crippen MR) is 120 cm³/mol. The molecule has 0 spiro atoms. The molecule has 0 saturated heterocycles. The third kappa shape index (κ3) is 5.13. The first-order valence-electron chi connectivity index (χ1n) is 9.64. The number of primary sulfonamides is 1. The highest BCUT2D eigenvalue weighted by Crippen LogP contribution is 2.15. The second-order valence-electron chi connectivity index (χ2n) is 7.10. The van der Waals surface area contributed by atoms with Crippen molar-refractivity contribution >= 4 is 33.2 Å². The van der Waals surface area contributed by atoms with Crippen LogP contribution in [0.15, 0.2) is 64.3 Å². The molecule has 32 heavy (non-hydrogen) atoms. The molecule has 0 radical (unpaired) electrons. The minimum Gasteiger partial charge on any atom is -0.326 e. The fourth-order valence-electron chi connectivity index (χ4n) is 3.09. The van der Waals surface area contributed by atoms with Crippen molar-refractivity contribution in [3.05, 3.63) is 70.6 Å². The van der Waals surface area contributed by atoms with Gasteiger partial charge in [0, 0.05) is 25.6 Å². The molecule has 0 bridgehead atoms. The van der Waals surface area contributed by atoms with E-state index in [-0.39, 0.29) is 29.0 Å². The van der Waals surface area contributed by atoms with Crippen molar-refractivity contribution in [1.82, 2.24) is 9.36 Å². The Morgan fingerprint density at radius 1 is 0.938 bits per heavy atom. The van der Waals surface area contributed by atoms with Crippen molar-refractivity contribution in [1.29, 1.82) is 0 Å². The summed E-state index contributed by atoms with van der Waals surface area (Å²) in [7, 11) is -2.10. The first-order valence-corrected chi connectivity index (χ1v) is 11.2. The van der Waals surface area contributed by atoms with Gasteiger partial charge in [-0.05, 0) is 43.3 Å². The number of nitrogens with two attached hydrogens (primary N) is 1. The molecule has 10 nitrogen and oxygen atoms in total. The predicted octanol–water partition coefficient (Wildman–Crippen LogP) is 1.49. The number of nitrogens with zero attached hydrogens (tertiary/aromatic N) is 2. The van der Waals surface area contributed by atoms with Crippen molar-refractivity contribution in [2.45, 2.75) is 24.7 Å². The number of hydrogen-bond acceptors (Lipinski definition) is 5. The molecule has 1 heterocycles. The van der Waals surface area contributed by atoms with Crippen molar-refractivity contribution < 1.29 is 18.0 Å². The van der Waals surface area contributed by atoms with E-state index in [0.29, 0.717) is 17.1 Å². The highest BCUT2D eigenvalue weighted by atomic mass is 32.2. The molecule has 0 atom stereocenters. The quantitative estimate of drug-likeness (QED) is 0.492. The molecule has 0 fully saturated rings. The number of carbonyl (C=O) groups is 2. The fourth-order valence-corrected chi connectivity index (χ4v) is 3.61. The van der Waals surface area contributed by atoms with Gasteiger partial charge in [-0.15, -0.1) is 0 Å². The molecule has 0 aliphatic rings. The van der Waals surface area contributed by atoms with Crippen LogP contribution in [-0.4, -0.2) is 29.6 Å². The number of para-hydroxylation sites is 1. The summed E-state index contributed by atoms with van der Waals surface area (Å²) in [6.07, 6.45) is -0.262. The lowest BCUT2D eigenvalue weighted by Crippen LogP contribution is -2.23. The Bertz CT molecular complexity index is 1310. The summed E-state index contributed by atoms with van der Waals surface area (Å²) < 4.78 is 25.6. The normalized spacial score (nSPS) is 11.2. The molecule has 0 aliphatic carbocycles. The van der Waals surface area contributed by atoms with E-state index in [4.69, 9.17) is 5.14 Å². The van der Waals surface area contributed by atoms with Crippen LogP contribution >= 0.6 is 0 Å². The number of carbonyl (C=O) groups excluding carboxylic acids is 2. The number of benzene rings is 2. The van der Waals surface area contributed by atoms with Gasteiger partial charge in [0.25, 0.3) is 5.56 Å². The number of aromatic nitrogens is 2. The third-order valence-corrected chi connectivity index (χ3v) is 5.79. The molecule has 0 aliphatic heterocycles. The van der Waals surface area contributed by atoms with E-state index in [1.807, 2.05) is 18.2 Å². The van der Waals surface area contributed by atoms with Crippen LogP contribution in [0.5, 0.6) is 0 Å². The van der Waals surface area contributed by atoms with E-state index in [2.05, 4.69) is 10.6 Å². The first-order chi connectivity index (χ1) is 15.1. The number of rotatable bonds is 7. The van der Waals surface area contributed by atoms with E-state index in [1.54, 1.807) is 30.8 Å². The van der Waals surface area contributed by atoms with E-state index in [1.165, 1.54) is 28.9 Å². The molecule has 2 amide bonds. The second kappa shape index (κ2) is 9.20. The minimum atomic E-state index is -3.82. The molecule has 0 unspecified atom stereocenters. The monoisotopic (exact) mass is 457 g/mol. The lowest BCUT2D eigenvalue weighted by molar-refractivity contribution is -0.121. The topological polar surface area (TPSA) is 145 Å². The average Bonchev–Trinajstić information content (AvgIpc) is 2.96. The lowest BCUT2D eigenvalue weighted by Gasteiger charge is -2.07. The Kier molecular flexibility index (Phi) is 6.61. The maximum Gasteiger partial charge on any atom is 0.295 e. The smallest absolute Gasteiger partial charge is 0.295 e. The highest BCUT2D eigenvalue weighted by Gasteiger charge is 2.18. The lowest BCUT2D eigenvalue weighted by atomic mass is 10.2. The van der Waals surface area contributed by atoms with Crippen LogP contribution in [0.4, 0.5) is 11.4 Å². The zero-order chi connectivity index (χ0) is 23.5. The summed E-state index contributed by atoms with van der Waals surface area (Å²) in [6.45, 7) is 1.72. The van der Waals surface area contributed by atoms with Crippen LogP contribution < -0.4 is 21.3 Å². The molecule has 168 valence electrons. The Balaban J connectivity index is 1.62. The van der Waals surface area contributed by atoms with Crippen molar-refractivity contribution in [3.63, 3.8) is 0 Å². The fraction of sp³-hybridized carbons (Fsp3) is 0.190. The van der Waals surface area contributed by atoms with Gasteiger partial charge in [0.1, 0.15) is 5.69 Å². The number of anilines is 2. The number of amides is 2. The van der Waals surface area contributed by atoms with Crippen LogP contribution in [-0.2, 0) is 26.7 Å². The molecule has 11 heteroatoms. The molecule has 4 N–H and O–H groups in total. The van der Waals surface area contributed by atoms with Crippen molar-refractivity contribution in [2.24, 2.45) is 12.2 Å². The summed E-state index contributed by atoms with van der Waals surface area (Å²) in [5.74, 6) is -0.911. The summed E-state index contributed by atoms with van der Waals surface area (Å²) in [5.41, 5.74) is 1.39. The van der Waals surface area contributed by atoms with Gasteiger partial charge in [0.05, 0.1) is 16.3 Å².